The molecule has 1 unspecified atom stereocenters. The minimum atomic E-state index is -2.02. The molecule has 0 N–H and O–H groups in total. The van der Waals surface area contributed by atoms with E-state index in [0.29, 0.717) is 0 Å². The number of hydrogen-bond acceptors (Lipinski definition) is 3. The van der Waals surface area contributed by atoms with Crippen molar-refractivity contribution in [2.75, 3.05) is 6.54 Å². The summed E-state index contributed by atoms with van der Waals surface area (Å²) in [6, 6.07) is 0. The third kappa shape index (κ3) is 2.90. The molecule has 1 rings (SSSR count). The molecule has 1 atom stereocenters. The van der Waals surface area contributed by atoms with Crippen LogP contribution >= 0.6 is 0 Å². The van der Waals surface area contributed by atoms with Crippen molar-refractivity contribution in [2.45, 2.75) is 51.4 Å². The van der Waals surface area contributed by atoms with Crippen LogP contribution in [0.25, 0.3) is 0 Å². The molecular weight excluding hydrogens is 246 g/mol. The van der Waals surface area contributed by atoms with Gasteiger partial charge >= 0.3 is 0 Å². The molecule has 0 aliphatic carbocycles. The molecule has 0 bridgehead atoms. The maximum absolute atomic E-state index is 12.1. The fourth-order valence-corrected chi connectivity index (χ4v) is 2.85. The first kappa shape index (κ1) is 15.1. The highest BCUT2D eigenvalue weighted by atomic mass is 28.4. The Morgan fingerprint density at radius 1 is 1.44 bits per heavy atom. The normalized spacial score (nSPS) is 21.6. The Morgan fingerprint density at radius 2 is 2.00 bits per heavy atom. The highest BCUT2D eigenvalue weighted by Crippen LogP contribution is 2.38. The topological polar surface area (TPSA) is 46.6 Å². The summed E-state index contributed by atoms with van der Waals surface area (Å²) in [6.07, 6.45) is 1.13. The zero-order valence-corrected chi connectivity index (χ0v) is 12.9. The number of hydrogen-bond donors (Lipinski definition) is 0. The molecule has 1 heterocycles. The maximum Gasteiger partial charge on any atom is 0.257 e. The summed E-state index contributed by atoms with van der Waals surface area (Å²) >= 11 is 0. The van der Waals surface area contributed by atoms with Gasteiger partial charge in [-0.1, -0.05) is 26.8 Å². The van der Waals surface area contributed by atoms with Crippen LogP contribution in [-0.4, -0.2) is 37.7 Å². The van der Waals surface area contributed by atoms with Crippen molar-refractivity contribution in [2.24, 2.45) is 0 Å². The summed E-state index contributed by atoms with van der Waals surface area (Å²) in [4.78, 5) is 25.0. The van der Waals surface area contributed by atoms with E-state index in [1.54, 1.807) is 6.08 Å². The standard InChI is InChI=1S/C13H23NO3Si/c1-7-8-14-11(15)9-10(12(14)16)17-18(5,6)13(2,3)4/h7,10H,1,8-9H2,2-6H3. The van der Waals surface area contributed by atoms with Gasteiger partial charge in [0.15, 0.2) is 8.32 Å². The van der Waals surface area contributed by atoms with Crippen LogP contribution in [0.3, 0.4) is 0 Å². The SMILES string of the molecule is C=CCN1C(=O)CC(O[Si](C)(C)C(C)(C)C)C1=O. The van der Waals surface area contributed by atoms with Crippen molar-refractivity contribution in [1.29, 1.82) is 0 Å². The second kappa shape index (κ2) is 4.97. The highest BCUT2D eigenvalue weighted by molar-refractivity contribution is 6.74. The molecule has 0 aromatic carbocycles. The first-order chi connectivity index (χ1) is 8.10. The molecule has 1 aliphatic heterocycles. The average molecular weight is 269 g/mol. The molecule has 5 heteroatoms. The van der Waals surface area contributed by atoms with E-state index in [1.807, 2.05) is 0 Å². The lowest BCUT2D eigenvalue weighted by atomic mass is 10.2. The molecule has 0 aromatic heterocycles. The summed E-state index contributed by atoms with van der Waals surface area (Å²) in [7, 11) is -2.02. The Labute approximate surface area is 110 Å². The third-order valence-corrected chi connectivity index (χ3v) is 8.24. The summed E-state index contributed by atoms with van der Waals surface area (Å²) in [5.74, 6) is -0.381. The van der Waals surface area contributed by atoms with Gasteiger partial charge in [0, 0.05) is 6.54 Å². The summed E-state index contributed by atoms with van der Waals surface area (Å²) in [6.45, 7) is 14.3. The molecule has 1 aliphatic rings. The van der Waals surface area contributed by atoms with Gasteiger partial charge in [0.2, 0.25) is 5.91 Å². The van der Waals surface area contributed by atoms with Crippen molar-refractivity contribution in [3.8, 4) is 0 Å². The van der Waals surface area contributed by atoms with E-state index in [9.17, 15) is 9.59 Å². The number of likely N-dealkylation sites (tertiary alicyclic amines) is 1. The lowest BCUT2D eigenvalue weighted by molar-refractivity contribution is -0.139. The molecule has 1 fully saturated rings. The minimum Gasteiger partial charge on any atom is -0.404 e. The van der Waals surface area contributed by atoms with Gasteiger partial charge in [-0.15, -0.1) is 6.58 Å². The van der Waals surface area contributed by atoms with E-state index >= 15 is 0 Å². The van der Waals surface area contributed by atoms with E-state index in [1.165, 1.54) is 4.90 Å². The summed E-state index contributed by atoms with van der Waals surface area (Å²) < 4.78 is 6.02. The van der Waals surface area contributed by atoms with Gasteiger partial charge in [0.25, 0.3) is 5.91 Å². The average Bonchev–Trinajstić information content (AvgIpc) is 2.44. The van der Waals surface area contributed by atoms with Crippen LogP contribution in [0.5, 0.6) is 0 Å². The fraction of sp³-hybridized carbons (Fsp3) is 0.692. The predicted octanol–water partition coefficient (Wildman–Crippen LogP) is 2.32. The molecule has 0 aromatic rings. The second-order valence-electron chi connectivity index (χ2n) is 6.20. The minimum absolute atomic E-state index is 0.0299. The third-order valence-electron chi connectivity index (χ3n) is 3.76. The van der Waals surface area contributed by atoms with Gasteiger partial charge in [0.05, 0.1) is 6.42 Å². The van der Waals surface area contributed by atoms with E-state index < -0.39 is 14.4 Å². The summed E-state index contributed by atoms with van der Waals surface area (Å²) in [5, 5.41) is 0.0299. The van der Waals surface area contributed by atoms with Gasteiger partial charge < -0.3 is 4.43 Å². The van der Waals surface area contributed by atoms with E-state index in [2.05, 4.69) is 40.4 Å². The van der Waals surface area contributed by atoms with Gasteiger partial charge in [-0.3, -0.25) is 14.5 Å². The number of carbonyl (C=O) groups is 2. The number of carbonyl (C=O) groups excluding carboxylic acids is 2. The van der Waals surface area contributed by atoms with E-state index in [-0.39, 0.29) is 29.8 Å². The largest absolute Gasteiger partial charge is 0.404 e. The van der Waals surface area contributed by atoms with Crippen LogP contribution in [0.4, 0.5) is 0 Å². The number of imide groups is 1. The van der Waals surface area contributed by atoms with Crippen LogP contribution in [0, 0.1) is 0 Å². The first-order valence-electron chi connectivity index (χ1n) is 6.23. The van der Waals surface area contributed by atoms with Crippen LogP contribution in [0.2, 0.25) is 18.1 Å². The van der Waals surface area contributed by atoms with Gasteiger partial charge in [-0.25, -0.2) is 0 Å². The van der Waals surface area contributed by atoms with Crippen molar-refractivity contribution in [3.05, 3.63) is 12.7 Å². The quantitative estimate of drug-likeness (QED) is 0.447. The molecule has 4 nitrogen and oxygen atoms in total. The first-order valence-corrected chi connectivity index (χ1v) is 9.14. The molecule has 102 valence electrons. The molecule has 0 saturated carbocycles. The van der Waals surface area contributed by atoms with Gasteiger partial charge in [-0.2, -0.15) is 0 Å². The molecule has 0 spiro atoms. The lowest BCUT2D eigenvalue weighted by Gasteiger charge is -2.37. The zero-order valence-electron chi connectivity index (χ0n) is 11.9. The molecule has 18 heavy (non-hydrogen) atoms. The van der Waals surface area contributed by atoms with Gasteiger partial charge in [-0.05, 0) is 18.1 Å². The monoisotopic (exact) mass is 269 g/mol. The van der Waals surface area contributed by atoms with Crippen molar-refractivity contribution in [1.82, 2.24) is 4.90 Å². The highest BCUT2D eigenvalue weighted by Gasteiger charge is 2.45. The molecular formula is C13H23NO3Si. The number of amides is 2. The Balaban J connectivity index is 2.79. The Hall–Kier alpha value is -0.943. The van der Waals surface area contributed by atoms with E-state index in [0.717, 1.165) is 0 Å². The smallest absolute Gasteiger partial charge is 0.257 e. The Kier molecular flexibility index (Phi) is 4.18. The van der Waals surface area contributed by atoms with E-state index in [4.69, 9.17) is 4.43 Å². The fourth-order valence-electron chi connectivity index (χ4n) is 1.60. The van der Waals surface area contributed by atoms with Crippen LogP contribution < -0.4 is 0 Å². The number of nitrogens with zero attached hydrogens (tertiary/aromatic N) is 1. The van der Waals surface area contributed by atoms with Gasteiger partial charge in [0.1, 0.15) is 6.10 Å². The Morgan fingerprint density at radius 3 is 2.44 bits per heavy atom. The van der Waals surface area contributed by atoms with Crippen LogP contribution in [-0.2, 0) is 14.0 Å². The predicted molar refractivity (Wildman–Crippen MR) is 73.6 cm³/mol. The lowest BCUT2D eigenvalue weighted by Crippen LogP contribution is -2.46. The summed E-state index contributed by atoms with van der Waals surface area (Å²) in [5.41, 5.74) is 0. The van der Waals surface area contributed by atoms with Crippen molar-refractivity contribution >= 4 is 20.1 Å². The maximum atomic E-state index is 12.1. The van der Waals surface area contributed by atoms with Crippen molar-refractivity contribution < 1.29 is 14.0 Å². The molecule has 0 radical (unpaired) electrons. The number of rotatable bonds is 4. The molecule has 1 saturated heterocycles. The van der Waals surface area contributed by atoms with Crippen molar-refractivity contribution in [3.63, 3.8) is 0 Å². The van der Waals surface area contributed by atoms with Crippen LogP contribution in [0.1, 0.15) is 27.2 Å². The zero-order chi connectivity index (χ0) is 14.1. The van der Waals surface area contributed by atoms with Crippen LogP contribution in [0.15, 0.2) is 12.7 Å². The second-order valence-corrected chi connectivity index (χ2v) is 11.0. The Bertz CT molecular complexity index is 371. The molecule has 2 amide bonds.